The van der Waals surface area contributed by atoms with Crippen LogP contribution < -0.4 is 0 Å². The van der Waals surface area contributed by atoms with Gasteiger partial charge in [0.05, 0.1) is 0 Å². The molecule has 0 amide bonds. The number of ether oxygens (including phenoxy) is 5. The zero-order chi connectivity index (χ0) is 18.4. The van der Waals surface area contributed by atoms with Gasteiger partial charge in [0, 0.05) is 27.7 Å². The number of hydrogen-bond donors (Lipinski definition) is 1. The number of esters is 4. The number of rotatable bonds is 5. The normalized spacial score (nSPS) is 29.3. The maximum Gasteiger partial charge on any atom is 0.305 e. The van der Waals surface area contributed by atoms with Crippen LogP contribution in [0.3, 0.4) is 0 Å². The van der Waals surface area contributed by atoms with Crippen LogP contribution in [0.2, 0.25) is 0 Å². The fourth-order valence-corrected chi connectivity index (χ4v) is 2.15. The molecule has 1 rings (SSSR count). The van der Waals surface area contributed by atoms with Gasteiger partial charge in [0.2, 0.25) is 6.29 Å². The van der Waals surface area contributed by atoms with Crippen LogP contribution in [0.25, 0.3) is 0 Å². The third-order valence-corrected chi connectivity index (χ3v) is 2.95. The minimum atomic E-state index is -1.60. The zero-order valence-corrected chi connectivity index (χ0v) is 13.7. The lowest BCUT2D eigenvalue weighted by Gasteiger charge is -2.42. The summed E-state index contributed by atoms with van der Waals surface area (Å²) in [4.78, 5) is 44.7. The molecular formula is C14H20O10. The molecule has 1 saturated heterocycles. The second-order valence-electron chi connectivity index (χ2n) is 5.09. The summed E-state index contributed by atoms with van der Waals surface area (Å²) < 4.78 is 25.0. The molecule has 1 aliphatic rings. The Morgan fingerprint density at radius 3 is 1.79 bits per heavy atom. The molecule has 0 aromatic rings. The van der Waals surface area contributed by atoms with Gasteiger partial charge < -0.3 is 28.8 Å². The van der Waals surface area contributed by atoms with Crippen LogP contribution in [0.15, 0.2) is 0 Å². The van der Waals surface area contributed by atoms with Crippen molar-refractivity contribution in [3.63, 3.8) is 0 Å². The standard InChI is InChI=1S/C14H20O10/c1-6(15)20-5-10-12(21-7(2)16)13(22-8(3)17)11(19)14(24-10)23-9(4)18/h10-14,19H,5H2,1-4H3/t10-,11-,12-,13-,14+/m0/s1. The molecule has 0 bridgehead atoms. The maximum atomic E-state index is 11.3. The molecule has 1 heterocycles. The van der Waals surface area contributed by atoms with Gasteiger partial charge in [-0.15, -0.1) is 0 Å². The summed E-state index contributed by atoms with van der Waals surface area (Å²) >= 11 is 0. The van der Waals surface area contributed by atoms with Crippen LogP contribution >= 0.6 is 0 Å². The molecule has 136 valence electrons. The minimum absolute atomic E-state index is 0.366. The second kappa shape index (κ2) is 8.60. The van der Waals surface area contributed by atoms with Crippen LogP contribution in [-0.4, -0.2) is 66.3 Å². The van der Waals surface area contributed by atoms with E-state index in [1.807, 2.05) is 0 Å². The van der Waals surface area contributed by atoms with Crippen LogP contribution in [0.1, 0.15) is 27.7 Å². The molecule has 10 heteroatoms. The van der Waals surface area contributed by atoms with E-state index < -0.39 is 54.6 Å². The molecule has 1 N–H and O–H groups in total. The first kappa shape index (κ1) is 19.8. The zero-order valence-electron chi connectivity index (χ0n) is 13.7. The molecule has 5 atom stereocenters. The Kier molecular flexibility index (Phi) is 7.11. The predicted octanol–water partition coefficient (Wildman–Crippen LogP) is -0.938. The van der Waals surface area contributed by atoms with Gasteiger partial charge in [-0.2, -0.15) is 0 Å². The largest absolute Gasteiger partial charge is 0.463 e. The molecule has 1 aliphatic heterocycles. The molecule has 1 fully saturated rings. The van der Waals surface area contributed by atoms with E-state index in [4.69, 9.17) is 23.7 Å². The third kappa shape index (κ3) is 5.78. The summed E-state index contributed by atoms with van der Waals surface area (Å²) in [6, 6.07) is 0. The fourth-order valence-electron chi connectivity index (χ4n) is 2.15. The van der Waals surface area contributed by atoms with Gasteiger partial charge in [-0.1, -0.05) is 0 Å². The molecule has 0 radical (unpaired) electrons. The molecular weight excluding hydrogens is 328 g/mol. The van der Waals surface area contributed by atoms with Gasteiger partial charge in [0.15, 0.2) is 18.3 Å². The molecule has 0 aromatic heterocycles. The van der Waals surface area contributed by atoms with Crippen molar-refractivity contribution < 1.29 is 48.0 Å². The van der Waals surface area contributed by atoms with Crippen molar-refractivity contribution in [2.24, 2.45) is 0 Å². The van der Waals surface area contributed by atoms with Crippen molar-refractivity contribution in [2.45, 2.75) is 58.4 Å². The minimum Gasteiger partial charge on any atom is -0.463 e. The van der Waals surface area contributed by atoms with Crippen LogP contribution in [0.4, 0.5) is 0 Å². The average Bonchev–Trinajstić information content (AvgIpc) is 2.42. The van der Waals surface area contributed by atoms with Gasteiger partial charge in [-0.25, -0.2) is 0 Å². The maximum absolute atomic E-state index is 11.3. The Balaban J connectivity index is 3.08. The Morgan fingerprint density at radius 1 is 0.833 bits per heavy atom. The van der Waals surface area contributed by atoms with E-state index in [1.165, 1.54) is 0 Å². The second-order valence-corrected chi connectivity index (χ2v) is 5.09. The van der Waals surface area contributed by atoms with E-state index >= 15 is 0 Å². The van der Waals surface area contributed by atoms with E-state index in [9.17, 15) is 24.3 Å². The first-order valence-electron chi connectivity index (χ1n) is 7.10. The van der Waals surface area contributed by atoms with Crippen LogP contribution in [-0.2, 0) is 42.9 Å². The summed E-state index contributed by atoms with van der Waals surface area (Å²) in [5.41, 5.74) is 0. The highest BCUT2D eigenvalue weighted by Gasteiger charge is 2.51. The van der Waals surface area contributed by atoms with Gasteiger partial charge in [-0.05, 0) is 0 Å². The van der Waals surface area contributed by atoms with Crippen LogP contribution in [0.5, 0.6) is 0 Å². The monoisotopic (exact) mass is 348 g/mol. The summed E-state index contributed by atoms with van der Waals surface area (Å²) in [7, 11) is 0. The Morgan fingerprint density at radius 2 is 1.33 bits per heavy atom. The first-order chi connectivity index (χ1) is 11.1. The fraction of sp³-hybridized carbons (Fsp3) is 0.714. The lowest BCUT2D eigenvalue weighted by Crippen LogP contribution is -2.62. The van der Waals surface area contributed by atoms with Crippen molar-refractivity contribution >= 4 is 23.9 Å². The number of carbonyl (C=O) groups excluding carboxylic acids is 4. The summed E-state index contributed by atoms with van der Waals surface area (Å²) in [5, 5.41) is 10.2. The Hall–Kier alpha value is -2.20. The quantitative estimate of drug-likeness (QED) is 0.490. The van der Waals surface area contributed by atoms with Crippen molar-refractivity contribution in [1.29, 1.82) is 0 Å². The number of aliphatic hydroxyl groups excluding tert-OH is 1. The van der Waals surface area contributed by atoms with Gasteiger partial charge >= 0.3 is 23.9 Å². The van der Waals surface area contributed by atoms with Crippen molar-refractivity contribution in [1.82, 2.24) is 0 Å². The highest BCUT2D eigenvalue weighted by atomic mass is 16.7. The Labute approximate surface area is 137 Å². The Bertz CT molecular complexity index is 486. The summed E-state index contributed by atoms with van der Waals surface area (Å²) in [5.74, 6) is -2.87. The van der Waals surface area contributed by atoms with E-state index in [0.717, 1.165) is 27.7 Å². The molecule has 0 saturated carbocycles. The van der Waals surface area contributed by atoms with Gasteiger partial charge in [0.1, 0.15) is 12.7 Å². The number of carbonyl (C=O) groups is 4. The van der Waals surface area contributed by atoms with E-state index in [0.29, 0.717) is 0 Å². The highest BCUT2D eigenvalue weighted by Crippen LogP contribution is 2.27. The van der Waals surface area contributed by atoms with E-state index in [1.54, 1.807) is 0 Å². The van der Waals surface area contributed by atoms with Crippen molar-refractivity contribution in [3.05, 3.63) is 0 Å². The SMILES string of the molecule is CC(=O)OC[C@@H]1O[C@@H](OC(C)=O)[C@@H](O)[C@H](OC(C)=O)[C@H]1OC(C)=O. The van der Waals surface area contributed by atoms with Crippen LogP contribution in [0, 0.1) is 0 Å². The first-order valence-corrected chi connectivity index (χ1v) is 7.10. The predicted molar refractivity (Wildman–Crippen MR) is 74.2 cm³/mol. The van der Waals surface area contributed by atoms with Gasteiger partial charge in [0.25, 0.3) is 0 Å². The third-order valence-electron chi connectivity index (χ3n) is 2.95. The number of hydrogen-bond acceptors (Lipinski definition) is 10. The van der Waals surface area contributed by atoms with Crippen molar-refractivity contribution in [2.75, 3.05) is 6.61 Å². The molecule has 10 nitrogen and oxygen atoms in total. The summed E-state index contributed by atoms with van der Waals surface area (Å²) in [6.45, 7) is 4.09. The lowest BCUT2D eigenvalue weighted by molar-refractivity contribution is -0.297. The van der Waals surface area contributed by atoms with E-state index in [2.05, 4.69) is 0 Å². The molecule has 24 heavy (non-hydrogen) atoms. The highest BCUT2D eigenvalue weighted by molar-refractivity contribution is 5.68. The average molecular weight is 348 g/mol. The van der Waals surface area contributed by atoms with Crippen molar-refractivity contribution in [3.8, 4) is 0 Å². The molecule has 0 spiro atoms. The molecule has 0 aliphatic carbocycles. The van der Waals surface area contributed by atoms with E-state index in [-0.39, 0.29) is 6.61 Å². The smallest absolute Gasteiger partial charge is 0.305 e. The topological polar surface area (TPSA) is 135 Å². The summed E-state index contributed by atoms with van der Waals surface area (Å²) in [6.07, 6.45) is -6.83. The lowest BCUT2D eigenvalue weighted by atomic mass is 9.98. The van der Waals surface area contributed by atoms with Gasteiger partial charge in [-0.3, -0.25) is 19.2 Å². The molecule has 0 unspecified atom stereocenters. The molecule has 0 aromatic carbocycles. The number of aliphatic hydroxyl groups is 1.